The van der Waals surface area contributed by atoms with Gasteiger partial charge in [0.15, 0.2) is 0 Å². The molecule has 3 heterocycles. The lowest BCUT2D eigenvalue weighted by Crippen LogP contribution is -2.54. The molecule has 0 radical (unpaired) electrons. The molecule has 3 atom stereocenters. The molecule has 4 rings (SSSR count). The first-order valence-corrected chi connectivity index (χ1v) is 10.2. The van der Waals surface area contributed by atoms with Crippen molar-refractivity contribution >= 4 is 23.6 Å². The highest BCUT2D eigenvalue weighted by Crippen LogP contribution is 2.28. The third-order valence-corrected chi connectivity index (χ3v) is 5.78. The molecular formula is C21H26N4O5. The highest BCUT2D eigenvalue weighted by atomic mass is 16.5. The van der Waals surface area contributed by atoms with E-state index in [9.17, 15) is 19.2 Å². The fourth-order valence-electron chi connectivity index (χ4n) is 4.36. The number of fused-ring (bicyclic) bond motifs is 1. The summed E-state index contributed by atoms with van der Waals surface area (Å²) < 4.78 is 5.84. The molecular weight excluding hydrogens is 388 g/mol. The van der Waals surface area contributed by atoms with Crippen LogP contribution in [0.25, 0.3) is 0 Å². The van der Waals surface area contributed by atoms with Crippen molar-refractivity contribution < 1.29 is 23.9 Å². The topological polar surface area (TPSA) is 117 Å². The zero-order valence-corrected chi connectivity index (χ0v) is 17.3. The van der Waals surface area contributed by atoms with E-state index in [1.54, 1.807) is 18.2 Å². The number of imide groups is 2. The van der Waals surface area contributed by atoms with Crippen molar-refractivity contribution in [3.8, 4) is 0 Å². The Bertz CT molecular complexity index is 928. The van der Waals surface area contributed by atoms with Crippen LogP contribution in [-0.2, 0) is 20.9 Å². The predicted molar refractivity (Wildman–Crippen MR) is 106 cm³/mol. The van der Waals surface area contributed by atoms with Crippen LogP contribution in [0.2, 0.25) is 0 Å². The number of carbonyl (C=O) groups is 4. The van der Waals surface area contributed by atoms with Gasteiger partial charge >= 0.3 is 0 Å². The molecule has 0 saturated carbocycles. The third-order valence-electron chi connectivity index (χ3n) is 5.78. The second-order valence-electron chi connectivity index (χ2n) is 8.54. The molecule has 2 saturated heterocycles. The fourth-order valence-corrected chi connectivity index (χ4v) is 4.36. The smallest absolute Gasteiger partial charge is 0.262 e. The van der Waals surface area contributed by atoms with Crippen LogP contribution in [0.4, 0.5) is 0 Å². The Kier molecular flexibility index (Phi) is 5.21. The monoisotopic (exact) mass is 414 g/mol. The number of ether oxygens (including phenoxy) is 1. The van der Waals surface area contributed by atoms with E-state index in [0.29, 0.717) is 18.7 Å². The molecule has 3 aliphatic heterocycles. The molecule has 1 aromatic rings. The molecule has 3 aliphatic rings. The highest BCUT2D eigenvalue weighted by Gasteiger charge is 2.44. The maximum Gasteiger partial charge on any atom is 0.262 e. The van der Waals surface area contributed by atoms with Crippen LogP contribution in [0.3, 0.4) is 0 Å². The first-order chi connectivity index (χ1) is 14.2. The van der Waals surface area contributed by atoms with Gasteiger partial charge < -0.3 is 10.1 Å². The summed E-state index contributed by atoms with van der Waals surface area (Å²) >= 11 is 0. The van der Waals surface area contributed by atoms with Crippen molar-refractivity contribution in [2.75, 3.05) is 6.54 Å². The largest absolute Gasteiger partial charge is 0.357 e. The van der Waals surface area contributed by atoms with Crippen molar-refractivity contribution in [2.45, 2.75) is 64.1 Å². The summed E-state index contributed by atoms with van der Waals surface area (Å²) in [6.45, 7) is 7.22. The van der Waals surface area contributed by atoms with Gasteiger partial charge in [0, 0.05) is 25.6 Å². The Morgan fingerprint density at radius 3 is 2.57 bits per heavy atom. The minimum Gasteiger partial charge on any atom is -0.357 e. The molecule has 30 heavy (non-hydrogen) atoms. The Hall–Kier alpha value is -2.62. The zero-order chi connectivity index (χ0) is 21.6. The summed E-state index contributed by atoms with van der Waals surface area (Å²) in [7, 11) is 0. The van der Waals surface area contributed by atoms with E-state index < -0.39 is 23.8 Å². The van der Waals surface area contributed by atoms with Gasteiger partial charge in [0.25, 0.3) is 11.8 Å². The molecule has 0 aromatic heterocycles. The molecule has 1 aromatic carbocycles. The molecule has 160 valence electrons. The van der Waals surface area contributed by atoms with Crippen LogP contribution in [0.5, 0.6) is 0 Å². The SMILES string of the molecule is CC1OC(C)(C)NC1CNCc1ccc2c(c1)C(=O)N(C1CCC(=O)NC1=O)C2=O. The fraction of sp³-hybridized carbons (Fsp3) is 0.524. The maximum absolute atomic E-state index is 12.9. The molecule has 4 amide bonds. The standard InChI is InChI=1S/C21H26N4O5/c1-11-15(24-21(2,3)30-11)10-22-9-12-4-5-13-14(8-12)20(29)25(19(13)28)16-6-7-17(26)23-18(16)27/h4-5,8,11,15-16,22,24H,6-7,9-10H2,1-3H3,(H,23,26,27). The number of hydrogen-bond acceptors (Lipinski definition) is 7. The van der Waals surface area contributed by atoms with Crippen LogP contribution < -0.4 is 16.0 Å². The molecule has 0 spiro atoms. The van der Waals surface area contributed by atoms with Crippen LogP contribution in [0.1, 0.15) is 59.9 Å². The minimum atomic E-state index is -0.949. The van der Waals surface area contributed by atoms with E-state index in [-0.39, 0.29) is 42.2 Å². The van der Waals surface area contributed by atoms with E-state index >= 15 is 0 Å². The summed E-state index contributed by atoms with van der Waals surface area (Å²) in [5.41, 5.74) is 1.09. The molecule has 9 heteroatoms. The van der Waals surface area contributed by atoms with Gasteiger partial charge in [-0.25, -0.2) is 0 Å². The van der Waals surface area contributed by atoms with E-state index in [2.05, 4.69) is 16.0 Å². The van der Waals surface area contributed by atoms with Gasteiger partial charge in [0.2, 0.25) is 11.8 Å². The number of benzene rings is 1. The van der Waals surface area contributed by atoms with Crippen molar-refractivity contribution in [3.63, 3.8) is 0 Å². The van der Waals surface area contributed by atoms with Gasteiger partial charge in [-0.1, -0.05) is 6.07 Å². The van der Waals surface area contributed by atoms with Crippen molar-refractivity contribution in [2.24, 2.45) is 0 Å². The number of piperidine rings is 1. The lowest BCUT2D eigenvalue weighted by molar-refractivity contribution is -0.136. The van der Waals surface area contributed by atoms with Crippen molar-refractivity contribution in [1.29, 1.82) is 0 Å². The molecule has 0 aliphatic carbocycles. The molecule has 3 N–H and O–H groups in total. The number of hydrogen-bond donors (Lipinski definition) is 3. The van der Waals surface area contributed by atoms with E-state index in [1.165, 1.54) is 0 Å². The van der Waals surface area contributed by atoms with Gasteiger partial charge in [-0.3, -0.25) is 34.7 Å². The Morgan fingerprint density at radius 1 is 1.17 bits per heavy atom. The lowest BCUT2D eigenvalue weighted by atomic mass is 10.0. The number of nitrogens with one attached hydrogen (secondary N) is 3. The van der Waals surface area contributed by atoms with E-state index in [0.717, 1.165) is 10.5 Å². The highest BCUT2D eigenvalue weighted by molar-refractivity contribution is 6.23. The third kappa shape index (κ3) is 3.76. The molecule has 0 bridgehead atoms. The second kappa shape index (κ2) is 7.57. The molecule has 3 unspecified atom stereocenters. The van der Waals surface area contributed by atoms with E-state index in [4.69, 9.17) is 4.74 Å². The number of amides is 4. The number of rotatable bonds is 5. The zero-order valence-electron chi connectivity index (χ0n) is 17.3. The van der Waals surface area contributed by atoms with Crippen LogP contribution in [0.15, 0.2) is 18.2 Å². The average Bonchev–Trinajstić information content (AvgIpc) is 3.07. The Labute approximate surface area is 174 Å². The van der Waals surface area contributed by atoms with Gasteiger partial charge in [-0.05, 0) is 44.9 Å². The lowest BCUT2D eigenvalue weighted by Gasteiger charge is -2.27. The van der Waals surface area contributed by atoms with Crippen molar-refractivity contribution in [3.05, 3.63) is 34.9 Å². The van der Waals surface area contributed by atoms with Gasteiger partial charge in [0.05, 0.1) is 17.2 Å². The Balaban J connectivity index is 1.42. The summed E-state index contributed by atoms with van der Waals surface area (Å²) in [6, 6.07) is 4.34. The van der Waals surface area contributed by atoms with Crippen LogP contribution in [0, 0.1) is 0 Å². The van der Waals surface area contributed by atoms with Crippen LogP contribution in [-0.4, -0.2) is 59.0 Å². The first kappa shape index (κ1) is 20.6. The normalized spacial score (nSPS) is 28.1. The van der Waals surface area contributed by atoms with Crippen LogP contribution >= 0.6 is 0 Å². The summed E-state index contributed by atoms with van der Waals surface area (Å²) in [4.78, 5) is 50.1. The van der Waals surface area contributed by atoms with Gasteiger partial charge in [-0.15, -0.1) is 0 Å². The first-order valence-electron chi connectivity index (χ1n) is 10.2. The molecule has 2 fully saturated rings. The predicted octanol–water partition coefficient (Wildman–Crippen LogP) is 0.290. The molecule has 9 nitrogen and oxygen atoms in total. The summed E-state index contributed by atoms with van der Waals surface area (Å²) in [5.74, 6) is -1.98. The maximum atomic E-state index is 12.9. The van der Waals surface area contributed by atoms with E-state index in [1.807, 2.05) is 20.8 Å². The average molecular weight is 414 g/mol. The Morgan fingerprint density at radius 2 is 1.90 bits per heavy atom. The summed E-state index contributed by atoms with van der Waals surface area (Å²) in [5, 5.41) is 8.98. The quantitative estimate of drug-likeness (QED) is 0.593. The second-order valence-corrected chi connectivity index (χ2v) is 8.54. The minimum absolute atomic E-state index is 0.0776. The summed E-state index contributed by atoms with van der Waals surface area (Å²) in [6.07, 6.45) is 0.330. The van der Waals surface area contributed by atoms with Gasteiger partial charge in [-0.2, -0.15) is 0 Å². The number of nitrogens with zero attached hydrogens (tertiary/aromatic N) is 1. The van der Waals surface area contributed by atoms with Gasteiger partial charge in [0.1, 0.15) is 11.8 Å². The number of carbonyl (C=O) groups excluding carboxylic acids is 4. The van der Waals surface area contributed by atoms with Crippen molar-refractivity contribution in [1.82, 2.24) is 20.9 Å².